The highest BCUT2D eigenvalue weighted by Crippen LogP contribution is 2.14. The van der Waals surface area contributed by atoms with Crippen LogP contribution in [0.1, 0.15) is 23.0 Å². The van der Waals surface area contributed by atoms with Crippen molar-refractivity contribution < 1.29 is 4.79 Å². The number of aromatic nitrogens is 1. The molecule has 5 heteroatoms. The van der Waals surface area contributed by atoms with Gasteiger partial charge in [0, 0.05) is 32.0 Å². The van der Waals surface area contributed by atoms with E-state index in [0.717, 1.165) is 12.1 Å². The Kier molecular flexibility index (Phi) is 4.74. The predicted molar refractivity (Wildman–Crippen MR) is 83.4 cm³/mol. The molecule has 2 aromatic rings. The lowest BCUT2D eigenvalue weighted by molar-refractivity contribution is 0.0822. The van der Waals surface area contributed by atoms with Crippen LogP contribution in [-0.2, 0) is 6.42 Å². The number of anilines is 1. The Morgan fingerprint density at radius 1 is 1.45 bits per heavy atom. The normalized spacial score (nSPS) is 11.9. The van der Waals surface area contributed by atoms with Crippen LogP contribution >= 0.6 is 11.3 Å². The van der Waals surface area contributed by atoms with E-state index in [4.69, 9.17) is 0 Å². The average molecular weight is 289 g/mol. The van der Waals surface area contributed by atoms with Crippen LogP contribution in [0.2, 0.25) is 0 Å². The minimum atomic E-state index is -0.0841. The Hall–Kier alpha value is -1.88. The molecular weight excluding hydrogens is 270 g/mol. The second kappa shape index (κ2) is 6.52. The van der Waals surface area contributed by atoms with Crippen molar-refractivity contribution in [1.82, 2.24) is 9.88 Å². The van der Waals surface area contributed by atoms with E-state index in [1.54, 1.807) is 37.7 Å². The molecule has 2 heterocycles. The number of amides is 1. The maximum atomic E-state index is 11.9. The van der Waals surface area contributed by atoms with Gasteiger partial charge in [0.15, 0.2) is 0 Å². The topological polar surface area (TPSA) is 45.2 Å². The fraction of sp³-hybridized carbons (Fsp3) is 0.333. The first-order valence-corrected chi connectivity index (χ1v) is 7.46. The summed E-state index contributed by atoms with van der Waals surface area (Å²) in [5.74, 6) is -0.0841. The van der Waals surface area contributed by atoms with Crippen LogP contribution < -0.4 is 5.32 Å². The summed E-state index contributed by atoms with van der Waals surface area (Å²) in [5.41, 5.74) is 2.71. The summed E-state index contributed by atoms with van der Waals surface area (Å²) in [6.45, 7) is 2.13. The molecule has 0 saturated carbocycles. The predicted octanol–water partition coefficient (Wildman–Crippen LogP) is 2.89. The van der Waals surface area contributed by atoms with Crippen molar-refractivity contribution in [2.75, 3.05) is 19.4 Å². The van der Waals surface area contributed by atoms with Crippen LogP contribution in [0, 0.1) is 0 Å². The van der Waals surface area contributed by atoms with Crippen LogP contribution in [0.3, 0.4) is 0 Å². The molecule has 0 bridgehead atoms. The second-order valence-corrected chi connectivity index (χ2v) is 5.79. The third-order valence-corrected chi connectivity index (χ3v) is 3.65. The molecule has 1 N–H and O–H groups in total. The van der Waals surface area contributed by atoms with Gasteiger partial charge in [-0.25, -0.2) is 0 Å². The molecule has 4 nitrogen and oxygen atoms in total. The van der Waals surface area contributed by atoms with Crippen LogP contribution in [-0.4, -0.2) is 35.9 Å². The standard InChI is InChI=1S/C15H19N3OS/c1-11(8-12-5-7-20-10-12)17-13-4-6-16-14(9-13)15(19)18(2)3/h4-7,9-11H,8H2,1-3H3,(H,16,17). The average Bonchev–Trinajstić information content (AvgIpc) is 2.90. The lowest BCUT2D eigenvalue weighted by Gasteiger charge is -2.16. The lowest BCUT2D eigenvalue weighted by atomic mass is 10.1. The molecule has 0 aliphatic heterocycles. The van der Waals surface area contributed by atoms with Crippen LogP contribution in [0.25, 0.3) is 0 Å². The third-order valence-electron chi connectivity index (χ3n) is 2.92. The van der Waals surface area contributed by atoms with Crippen LogP contribution in [0.4, 0.5) is 5.69 Å². The zero-order valence-electron chi connectivity index (χ0n) is 12.0. The molecule has 0 fully saturated rings. The highest BCUT2D eigenvalue weighted by atomic mass is 32.1. The second-order valence-electron chi connectivity index (χ2n) is 5.01. The molecule has 1 unspecified atom stereocenters. The van der Waals surface area contributed by atoms with E-state index in [2.05, 4.69) is 34.1 Å². The lowest BCUT2D eigenvalue weighted by Crippen LogP contribution is -2.23. The van der Waals surface area contributed by atoms with Gasteiger partial charge in [-0.2, -0.15) is 11.3 Å². The number of nitrogens with zero attached hydrogens (tertiary/aromatic N) is 2. The number of carbonyl (C=O) groups is 1. The Bertz CT molecular complexity index is 566. The summed E-state index contributed by atoms with van der Waals surface area (Å²) in [6, 6.07) is 6.12. The van der Waals surface area contributed by atoms with Crippen molar-refractivity contribution in [3.05, 3.63) is 46.4 Å². The minimum Gasteiger partial charge on any atom is -0.382 e. The summed E-state index contributed by atoms with van der Waals surface area (Å²) in [4.78, 5) is 17.5. The van der Waals surface area contributed by atoms with Crippen molar-refractivity contribution in [3.8, 4) is 0 Å². The molecule has 0 saturated heterocycles. The van der Waals surface area contributed by atoms with Crippen molar-refractivity contribution in [3.63, 3.8) is 0 Å². The van der Waals surface area contributed by atoms with Gasteiger partial charge in [-0.1, -0.05) is 0 Å². The fourth-order valence-electron chi connectivity index (χ4n) is 1.96. The van der Waals surface area contributed by atoms with E-state index in [-0.39, 0.29) is 5.91 Å². The molecule has 0 spiro atoms. The SMILES string of the molecule is CC(Cc1ccsc1)Nc1ccnc(C(=O)N(C)C)c1. The first kappa shape index (κ1) is 14.5. The summed E-state index contributed by atoms with van der Waals surface area (Å²) >= 11 is 1.71. The number of hydrogen-bond donors (Lipinski definition) is 1. The Labute approximate surface area is 123 Å². The number of rotatable bonds is 5. The van der Waals surface area contributed by atoms with E-state index < -0.39 is 0 Å². The third kappa shape index (κ3) is 3.81. The summed E-state index contributed by atoms with van der Waals surface area (Å²) < 4.78 is 0. The molecule has 1 amide bonds. The van der Waals surface area contributed by atoms with Crippen molar-refractivity contribution in [1.29, 1.82) is 0 Å². The first-order chi connectivity index (χ1) is 9.56. The number of carbonyl (C=O) groups excluding carboxylic acids is 1. The van der Waals surface area contributed by atoms with E-state index in [1.807, 2.05) is 6.07 Å². The van der Waals surface area contributed by atoms with Crippen LogP contribution in [0.5, 0.6) is 0 Å². The molecular formula is C15H19N3OS. The minimum absolute atomic E-state index is 0.0841. The van der Waals surface area contributed by atoms with Crippen LogP contribution in [0.15, 0.2) is 35.2 Å². The summed E-state index contributed by atoms with van der Waals surface area (Å²) in [5, 5.41) is 7.65. The quantitative estimate of drug-likeness (QED) is 0.920. The van der Waals surface area contributed by atoms with Gasteiger partial charge < -0.3 is 10.2 Å². The molecule has 0 radical (unpaired) electrons. The number of thiophene rings is 1. The van der Waals surface area contributed by atoms with Gasteiger partial charge in [-0.05, 0) is 47.9 Å². The van der Waals surface area contributed by atoms with E-state index in [0.29, 0.717) is 11.7 Å². The Morgan fingerprint density at radius 2 is 2.25 bits per heavy atom. The highest BCUT2D eigenvalue weighted by Gasteiger charge is 2.11. The van der Waals surface area contributed by atoms with Gasteiger partial charge >= 0.3 is 0 Å². The molecule has 0 aliphatic rings. The monoisotopic (exact) mass is 289 g/mol. The number of nitrogens with one attached hydrogen (secondary N) is 1. The molecule has 20 heavy (non-hydrogen) atoms. The van der Waals surface area contributed by atoms with E-state index in [9.17, 15) is 4.79 Å². The van der Waals surface area contributed by atoms with Gasteiger partial charge in [-0.3, -0.25) is 9.78 Å². The molecule has 0 aliphatic carbocycles. The maximum Gasteiger partial charge on any atom is 0.272 e. The van der Waals surface area contributed by atoms with Gasteiger partial charge in [0.05, 0.1) is 0 Å². The highest BCUT2D eigenvalue weighted by molar-refractivity contribution is 7.07. The van der Waals surface area contributed by atoms with Crippen molar-refractivity contribution >= 4 is 22.9 Å². The number of pyridine rings is 1. The Morgan fingerprint density at radius 3 is 2.90 bits per heavy atom. The van der Waals surface area contributed by atoms with Gasteiger partial charge in [0.25, 0.3) is 5.91 Å². The van der Waals surface area contributed by atoms with Gasteiger partial charge in [0.1, 0.15) is 5.69 Å². The van der Waals surface area contributed by atoms with E-state index in [1.165, 1.54) is 10.5 Å². The smallest absolute Gasteiger partial charge is 0.272 e. The molecule has 106 valence electrons. The summed E-state index contributed by atoms with van der Waals surface area (Å²) in [6.07, 6.45) is 2.62. The molecule has 0 aromatic carbocycles. The maximum absolute atomic E-state index is 11.9. The Balaban J connectivity index is 2.02. The first-order valence-electron chi connectivity index (χ1n) is 6.51. The van der Waals surface area contributed by atoms with Gasteiger partial charge in [-0.15, -0.1) is 0 Å². The molecule has 1 atom stereocenters. The number of hydrogen-bond acceptors (Lipinski definition) is 4. The zero-order chi connectivity index (χ0) is 14.5. The zero-order valence-corrected chi connectivity index (χ0v) is 12.8. The summed E-state index contributed by atoms with van der Waals surface area (Å²) in [7, 11) is 3.45. The van der Waals surface area contributed by atoms with E-state index >= 15 is 0 Å². The largest absolute Gasteiger partial charge is 0.382 e. The molecule has 2 rings (SSSR count). The van der Waals surface area contributed by atoms with Crippen molar-refractivity contribution in [2.45, 2.75) is 19.4 Å². The fourth-order valence-corrected chi connectivity index (χ4v) is 2.65. The molecule has 2 aromatic heterocycles. The van der Waals surface area contributed by atoms with Crippen molar-refractivity contribution in [2.24, 2.45) is 0 Å². The van der Waals surface area contributed by atoms with Gasteiger partial charge in [0.2, 0.25) is 0 Å².